The van der Waals surface area contributed by atoms with Crippen LogP contribution in [-0.2, 0) is 22.4 Å². The van der Waals surface area contributed by atoms with Crippen LogP contribution in [0.4, 0.5) is 8.78 Å². The fourth-order valence-electron chi connectivity index (χ4n) is 3.31. The van der Waals surface area contributed by atoms with Gasteiger partial charge in [-0.15, -0.1) is 0 Å². The number of aromatic hydroxyl groups is 1. The first-order valence-electron chi connectivity index (χ1n) is 10.5. The summed E-state index contributed by atoms with van der Waals surface area (Å²) in [5.74, 6) is -4.81. The summed E-state index contributed by atoms with van der Waals surface area (Å²) in [5.41, 5.74) is 2.17. The molecule has 32 heavy (non-hydrogen) atoms. The number of carbonyl (C=O) groups is 1. The number of alkyl halides is 2. The number of ether oxygens (including phenoxy) is 1. The maximum Gasteiger partial charge on any atom is 0.324 e. The predicted molar refractivity (Wildman–Crippen MR) is 121 cm³/mol. The van der Waals surface area contributed by atoms with Gasteiger partial charge in [0.25, 0.3) is 5.91 Å². The minimum atomic E-state index is -3.45. The highest BCUT2D eigenvalue weighted by Crippen LogP contribution is 2.28. The number of H-pyrrole nitrogens is 1. The molecular weight excluding hydrogens is 438 g/mol. The summed E-state index contributed by atoms with van der Waals surface area (Å²) in [6.45, 7) is 0.908. The van der Waals surface area contributed by atoms with Gasteiger partial charge in [-0.1, -0.05) is 47.7 Å². The molecule has 2 aromatic carbocycles. The number of thiazole rings is 1. The number of rotatable bonds is 12. The van der Waals surface area contributed by atoms with Gasteiger partial charge in [0, 0.05) is 19.6 Å². The third-order valence-electron chi connectivity index (χ3n) is 5.06. The van der Waals surface area contributed by atoms with E-state index in [1.165, 1.54) is 6.07 Å². The average molecular weight is 465 g/mol. The molecule has 0 saturated carbocycles. The van der Waals surface area contributed by atoms with Crippen molar-refractivity contribution in [2.75, 3.05) is 19.8 Å². The molecule has 0 atom stereocenters. The summed E-state index contributed by atoms with van der Waals surface area (Å²) < 4.78 is 34.3. The van der Waals surface area contributed by atoms with Gasteiger partial charge in [0.15, 0.2) is 0 Å². The van der Waals surface area contributed by atoms with Gasteiger partial charge < -0.3 is 20.1 Å². The molecule has 0 bridgehead atoms. The summed E-state index contributed by atoms with van der Waals surface area (Å²) in [5, 5.41) is 12.1. The quantitative estimate of drug-likeness (QED) is 0.353. The smallest absolute Gasteiger partial charge is 0.324 e. The van der Waals surface area contributed by atoms with Crippen molar-refractivity contribution in [2.45, 2.75) is 38.0 Å². The van der Waals surface area contributed by atoms with Gasteiger partial charge in [0.1, 0.15) is 11.3 Å². The number of phenolic OH excluding ortho intramolecular Hbond substituents is 1. The number of hydrogen-bond acceptors (Lipinski definition) is 5. The summed E-state index contributed by atoms with van der Waals surface area (Å²) in [4.78, 5) is 25.7. The first kappa shape index (κ1) is 23.9. The Bertz CT molecular complexity index is 1080. The lowest BCUT2D eigenvalue weighted by molar-refractivity contribution is -0.146. The number of hydrogen-bond donors (Lipinski definition) is 3. The lowest BCUT2D eigenvalue weighted by Gasteiger charge is -2.16. The van der Waals surface area contributed by atoms with Crippen molar-refractivity contribution < 1.29 is 23.4 Å². The van der Waals surface area contributed by atoms with Gasteiger partial charge in [0.2, 0.25) is 0 Å². The standard InChI is InChI=1S/C23H26F2N2O4S/c24-23(25,12-4-5-14-31-15-11-16-6-2-1-3-7-16)21(29)26-13-10-17-8-9-18(28)19-20(17)32-22(30)27-19/h1-3,6-9,28H,4-5,10-15H2,(H,26,29)(H,27,30). The van der Waals surface area contributed by atoms with Crippen molar-refractivity contribution in [3.63, 3.8) is 0 Å². The van der Waals surface area contributed by atoms with Crippen molar-refractivity contribution in [2.24, 2.45) is 0 Å². The Labute approximate surface area is 188 Å². The molecule has 1 heterocycles. The van der Waals surface area contributed by atoms with Gasteiger partial charge >= 0.3 is 10.8 Å². The van der Waals surface area contributed by atoms with E-state index in [-0.39, 0.29) is 30.0 Å². The highest BCUT2D eigenvalue weighted by atomic mass is 32.1. The van der Waals surface area contributed by atoms with Crippen molar-refractivity contribution in [1.82, 2.24) is 10.3 Å². The number of amides is 1. The molecule has 9 heteroatoms. The second-order valence-corrected chi connectivity index (χ2v) is 8.46. The highest BCUT2D eigenvalue weighted by Gasteiger charge is 2.37. The molecule has 0 fully saturated rings. The van der Waals surface area contributed by atoms with E-state index in [0.29, 0.717) is 35.4 Å². The molecule has 0 aliphatic carbocycles. The third-order valence-corrected chi connectivity index (χ3v) is 6.02. The Morgan fingerprint density at radius 3 is 2.66 bits per heavy atom. The van der Waals surface area contributed by atoms with Crippen LogP contribution in [0.1, 0.15) is 30.4 Å². The zero-order valence-corrected chi connectivity index (χ0v) is 18.4. The molecule has 0 saturated heterocycles. The number of carbonyl (C=O) groups excluding carboxylic acids is 1. The molecule has 172 valence electrons. The summed E-state index contributed by atoms with van der Waals surface area (Å²) in [6.07, 6.45) is 1.13. The first-order valence-corrected chi connectivity index (χ1v) is 11.3. The fourth-order valence-corrected chi connectivity index (χ4v) is 4.21. The van der Waals surface area contributed by atoms with Crippen LogP contribution in [-0.4, -0.2) is 41.7 Å². The summed E-state index contributed by atoms with van der Waals surface area (Å²) >= 11 is 0.931. The molecule has 1 amide bonds. The second-order valence-electron chi connectivity index (χ2n) is 7.48. The summed E-state index contributed by atoms with van der Waals surface area (Å²) in [7, 11) is 0. The molecule has 0 spiro atoms. The molecular formula is C23H26F2N2O4S. The van der Waals surface area contributed by atoms with Crippen LogP contribution in [0.25, 0.3) is 10.2 Å². The lowest BCUT2D eigenvalue weighted by Crippen LogP contribution is -2.41. The number of nitrogens with one attached hydrogen (secondary N) is 2. The van der Waals surface area contributed by atoms with E-state index >= 15 is 0 Å². The number of phenols is 1. The van der Waals surface area contributed by atoms with E-state index in [0.717, 1.165) is 23.3 Å². The minimum Gasteiger partial charge on any atom is -0.506 e. The van der Waals surface area contributed by atoms with E-state index in [1.54, 1.807) is 6.07 Å². The molecule has 3 aromatic rings. The Morgan fingerprint density at radius 1 is 1.09 bits per heavy atom. The number of aromatic amines is 1. The van der Waals surface area contributed by atoms with Crippen LogP contribution in [0.2, 0.25) is 0 Å². The number of fused-ring (bicyclic) bond motifs is 1. The third kappa shape index (κ3) is 6.61. The maximum atomic E-state index is 14.1. The Balaban J connectivity index is 1.34. The van der Waals surface area contributed by atoms with E-state index in [1.807, 2.05) is 30.3 Å². The van der Waals surface area contributed by atoms with Crippen LogP contribution in [0.15, 0.2) is 47.3 Å². The van der Waals surface area contributed by atoms with Crippen LogP contribution < -0.4 is 10.2 Å². The molecule has 0 unspecified atom stereocenters. The molecule has 0 radical (unpaired) electrons. The van der Waals surface area contributed by atoms with Crippen molar-refractivity contribution >= 4 is 27.5 Å². The number of benzene rings is 2. The molecule has 0 aliphatic heterocycles. The molecule has 6 nitrogen and oxygen atoms in total. The lowest BCUT2D eigenvalue weighted by atomic mass is 10.1. The minimum absolute atomic E-state index is 0.00296. The van der Waals surface area contributed by atoms with Crippen LogP contribution in [0, 0.1) is 0 Å². The normalized spacial score (nSPS) is 11.7. The molecule has 1 aromatic heterocycles. The predicted octanol–water partition coefficient (Wildman–Crippen LogP) is 4.02. The van der Waals surface area contributed by atoms with Gasteiger partial charge in [-0.3, -0.25) is 9.59 Å². The van der Waals surface area contributed by atoms with Crippen molar-refractivity contribution in [1.29, 1.82) is 0 Å². The van der Waals surface area contributed by atoms with Gasteiger partial charge in [-0.25, -0.2) is 0 Å². The zero-order chi connectivity index (χ0) is 23.0. The largest absolute Gasteiger partial charge is 0.506 e. The van der Waals surface area contributed by atoms with E-state index in [2.05, 4.69) is 10.3 Å². The average Bonchev–Trinajstić information content (AvgIpc) is 3.18. The van der Waals surface area contributed by atoms with Gasteiger partial charge in [-0.05, 0) is 42.9 Å². The van der Waals surface area contributed by atoms with Crippen LogP contribution in [0.3, 0.4) is 0 Å². The second kappa shape index (κ2) is 11.2. The molecule has 3 N–H and O–H groups in total. The molecule has 3 rings (SSSR count). The Kier molecular flexibility index (Phi) is 8.35. The van der Waals surface area contributed by atoms with Gasteiger partial charge in [0.05, 0.1) is 11.3 Å². The van der Waals surface area contributed by atoms with Gasteiger partial charge in [-0.2, -0.15) is 8.78 Å². The maximum absolute atomic E-state index is 14.1. The van der Waals surface area contributed by atoms with Crippen molar-refractivity contribution in [3.8, 4) is 5.75 Å². The van der Waals surface area contributed by atoms with E-state index < -0.39 is 18.3 Å². The zero-order valence-electron chi connectivity index (χ0n) is 17.5. The number of unbranched alkanes of at least 4 members (excludes halogenated alkanes) is 1. The Hall–Kier alpha value is -2.78. The van der Waals surface area contributed by atoms with E-state index in [4.69, 9.17) is 4.74 Å². The van der Waals surface area contributed by atoms with Crippen molar-refractivity contribution in [3.05, 3.63) is 63.3 Å². The molecule has 0 aliphatic rings. The van der Waals surface area contributed by atoms with E-state index in [9.17, 15) is 23.5 Å². The highest BCUT2D eigenvalue weighted by molar-refractivity contribution is 7.16. The van der Waals surface area contributed by atoms with Crippen LogP contribution in [0.5, 0.6) is 5.75 Å². The monoisotopic (exact) mass is 464 g/mol. The Morgan fingerprint density at radius 2 is 1.88 bits per heavy atom. The number of halogens is 2. The fraction of sp³-hybridized carbons (Fsp3) is 0.391. The first-order chi connectivity index (χ1) is 15.4. The number of aromatic nitrogens is 1. The topological polar surface area (TPSA) is 91.4 Å². The van der Waals surface area contributed by atoms with Crippen LogP contribution >= 0.6 is 11.3 Å². The summed E-state index contributed by atoms with van der Waals surface area (Å²) in [6, 6.07) is 12.9. The SMILES string of the molecule is O=C(NCCc1ccc(O)c2[nH]c(=O)sc12)C(F)(F)CCCCOCCc1ccccc1.